The van der Waals surface area contributed by atoms with Crippen LogP contribution < -0.4 is 5.32 Å². The van der Waals surface area contributed by atoms with Crippen LogP contribution in [0.5, 0.6) is 0 Å². The van der Waals surface area contributed by atoms with Crippen LogP contribution in [-0.4, -0.2) is 16.0 Å². The summed E-state index contributed by atoms with van der Waals surface area (Å²) in [6.45, 7) is 6.54. The largest absolute Gasteiger partial charge is 0.367 e. The Kier molecular flexibility index (Phi) is 2.40. The molecule has 1 fully saturated rings. The van der Waals surface area contributed by atoms with E-state index in [2.05, 4.69) is 42.1 Å². The monoisotopic (exact) mass is 191 g/mol. The highest BCUT2D eigenvalue weighted by molar-refractivity contribution is 5.38. The van der Waals surface area contributed by atoms with E-state index in [1.165, 1.54) is 6.42 Å². The van der Waals surface area contributed by atoms with E-state index in [9.17, 15) is 0 Å². The average molecular weight is 191 g/mol. The summed E-state index contributed by atoms with van der Waals surface area (Å²) >= 11 is 0. The van der Waals surface area contributed by atoms with E-state index in [4.69, 9.17) is 0 Å². The van der Waals surface area contributed by atoms with Crippen molar-refractivity contribution in [2.45, 2.75) is 39.2 Å². The van der Waals surface area contributed by atoms with Gasteiger partial charge in [0, 0.05) is 17.8 Å². The first kappa shape index (κ1) is 9.44. The van der Waals surface area contributed by atoms with Crippen LogP contribution in [0.15, 0.2) is 12.4 Å². The van der Waals surface area contributed by atoms with Gasteiger partial charge in [-0.05, 0) is 18.3 Å². The molecule has 3 heteroatoms. The second-order valence-electron chi connectivity index (χ2n) is 4.45. The molecule has 2 rings (SSSR count). The van der Waals surface area contributed by atoms with Gasteiger partial charge in [-0.25, -0.2) is 9.97 Å². The third kappa shape index (κ3) is 2.03. The maximum Gasteiger partial charge on any atom is 0.129 e. The number of nitrogens with zero attached hydrogens (tertiary/aromatic N) is 2. The summed E-state index contributed by atoms with van der Waals surface area (Å²) in [6.07, 6.45) is 2.91. The fraction of sp³-hybridized carbons (Fsp3) is 0.636. The third-order valence-electron chi connectivity index (χ3n) is 2.72. The SMILES string of the molecule is CC(C)c1cc(NC2CC2C)ncn1. The first-order valence-electron chi connectivity index (χ1n) is 5.25. The Morgan fingerprint density at radius 2 is 2.14 bits per heavy atom. The van der Waals surface area contributed by atoms with Crippen molar-refractivity contribution in [3.05, 3.63) is 18.1 Å². The predicted molar refractivity (Wildman–Crippen MR) is 57.3 cm³/mol. The van der Waals surface area contributed by atoms with Crippen LogP contribution in [0.4, 0.5) is 5.82 Å². The van der Waals surface area contributed by atoms with Crippen LogP contribution in [0.3, 0.4) is 0 Å². The molecule has 0 saturated heterocycles. The Labute approximate surface area is 85.0 Å². The number of hydrogen-bond acceptors (Lipinski definition) is 3. The fourth-order valence-electron chi connectivity index (χ4n) is 1.48. The Bertz CT molecular complexity index is 322. The standard InChI is InChI=1S/C11H17N3/c1-7(2)9-5-11(13-6-12-9)14-10-4-8(10)3/h5-8,10H,4H2,1-3H3,(H,12,13,14). The molecule has 0 spiro atoms. The van der Waals surface area contributed by atoms with Gasteiger partial charge in [0.05, 0.1) is 0 Å². The van der Waals surface area contributed by atoms with Gasteiger partial charge in [-0.1, -0.05) is 20.8 Å². The van der Waals surface area contributed by atoms with Crippen molar-refractivity contribution in [1.29, 1.82) is 0 Å². The highest BCUT2D eigenvalue weighted by atomic mass is 15.1. The molecule has 1 aliphatic rings. The van der Waals surface area contributed by atoms with Crippen LogP contribution in [0.25, 0.3) is 0 Å². The molecule has 0 bridgehead atoms. The minimum atomic E-state index is 0.468. The van der Waals surface area contributed by atoms with Gasteiger partial charge in [-0.15, -0.1) is 0 Å². The van der Waals surface area contributed by atoms with Crippen molar-refractivity contribution in [3.63, 3.8) is 0 Å². The zero-order valence-electron chi connectivity index (χ0n) is 8.99. The van der Waals surface area contributed by atoms with Gasteiger partial charge >= 0.3 is 0 Å². The molecule has 0 radical (unpaired) electrons. The predicted octanol–water partition coefficient (Wildman–Crippen LogP) is 2.42. The van der Waals surface area contributed by atoms with Crippen molar-refractivity contribution in [3.8, 4) is 0 Å². The second-order valence-corrected chi connectivity index (χ2v) is 4.45. The van der Waals surface area contributed by atoms with E-state index in [0.29, 0.717) is 12.0 Å². The smallest absolute Gasteiger partial charge is 0.129 e. The van der Waals surface area contributed by atoms with Crippen molar-refractivity contribution in [1.82, 2.24) is 9.97 Å². The van der Waals surface area contributed by atoms with Crippen LogP contribution in [0.2, 0.25) is 0 Å². The minimum absolute atomic E-state index is 0.468. The highest BCUT2D eigenvalue weighted by Crippen LogP contribution is 2.32. The Hall–Kier alpha value is -1.12. The van der Waals surface area contributed by atoms with Crippen LogP contribution >= 0.6 is 0 Å². The molecule has 0 amide bonds. The molecular weight excluding hydrogens is 174 g/mol. The van der Waals surface area contributed by atoms with Crippen molar-refractivity contribution in [2.24, 2.45) is 5.92 Å². The Morgan fingerprint density at radius 1 is 1.43 bits per heavy atom. The third-order valence-corrected chi connectivity index (χ3v) is 2.72. The van der Waals surface area contributed by atoms with Gasteiger partial charge in [-0.2, -0.15) is 0 Å². The van der Waals surface area contributed by atoms with Crippen molar-refractivity contribution < 1.29 is 0 Å². The van der Waals surface area contributed by atoms with Gasteiger partial charge in [0.15, 0.2) is 0 Å². The van der Waals surface area contributed by atoms with Crippen LogP contribution in [-0.2, 0) is 0 Å². The van der Waals surface area contributed by atoms with E-state index in [1.807, 2.05) is 0 Å². The lowest BCUT2D eigenvalue weighted by atomic mass is 10.1. The molecule has 0 aromatic carbocycles. The first-order chi connectivity index (χ1) is 6.66. The molecule has 1 aromatic rings. The Morgan fingerprint density at radius 3 is 2.71 bits per heavy atom. The molecule has 0 aliphatic heterocycles. The lowest BCUT2D eigenvalue weighted by molar-refractivity contribution is 0.812. The number of anilines is 1. The molecule has 2 unspecified atom stereocenters. The van der Waals surface area contributed by atoms with E-state index in [1.54, 1.807) is 6.33 Å². The molecule has 14 heavy (non-hydrogen) atoms. The topological polar surface area (TPSA) is 37.8 Å². The molecule has 1 N–H and O–H groups in total. The summed E-state index contributed by atoms with van der Waals surface area (Å²) < 4.78 is 0. The molecule has 1 heterocycles. The number of aromatic nitrogens is 2. The molecule has 1 aromatic heterocycles. The molecule has 1 saturated carbocycles. The van der Waals surface area contributed by atoms with Gasteiger partial charge < -0.3 is 5.32 Å². The number of hydrogen-bond donors (Lipinski definition) is 1. The van der Waals surface area contributed by atoms with Gasteiger partial charge in [0.2, 0.25) is 0 Å². The summed E-state index contributed by atoms with van der Waals surface area (Å²) in [5.41, 5.74) is 1.11. The Balaban J connectivity index is 2.06. The lowest BCUT2D eigenvalue weighted by Gasteiger charge is -2.07. The number of rotatable bonds is 3. The van der Waals surface area contributed by atoms with Gasteiger partial charge in [0.25, 0.3) is 0 Å². The summed E-state index contributed by atoms with van der Waals surface area (Å²) in [6, 6.07) is 2.68. The van der Waals surface area contributed by atoms with Gasteiger partial charge in [0.1, 0.15) is 12.1 Å². The normalized spacial score (nSPS) is 25.1. The van der Waals surface area contributed by atoms with E-state index >= 15 is 0 Å². The first-order valence-corrected chi connectivity index (χ1v) is 5.25. The summed E-state index contributed by atoms with van der Waals surface area (Å²) in [7, 11) is 0. The summed E-state index contributed by atoms with van der Waals surface area (Å²) in [5, 5.41) is 3.41. The zero-order valence-corrected chi connectivity index (χ0v) is 8.99. The molecular formula is C11H17N3. The molecule has 2 atom stereocenters. The lowest BCUT2D eigenvalue weighted by Crippen LogP contribution is -2.06. The van der Waals surface area contributed by atoms with Crippen LogP contribution in [0, 0.1) is 5.92 Å². The van der Waals surface area contributed by atoms with Crippen LogP contribution in [0.1, 0.15) is 38.8 Å². The average Bonchev–Trinajstić information content (AvgIpc) is 2.82. The van der Waals surface area contributed by atoms with E-state index in [0.717, 1.165) is 17.4 Å². The maximum absolute atomic E-state index is 4.23. The molecule has 1 aliphatic carbocycles. The number of nitrogens with one attached hydrogen (secondary N) is 1. The minimum Gasteiger partial charge on any atom is -0.367 e. The summed E-state index contributed by atoms with van der Waals surface area (Å²) in [5.74, 6) is 2.24. The molecule has 3 nitrogen and oxygen atoms in total. The highest BCUT2D eigenvalue weighted by Gasteiger charge is 2.32. The van der Waals surface area contributed by atoms with E-state index in [-0.39, 0.29) is 0 Å². The maximum atomic E-state index is 4.23. The van der Waals surface area contributed by atoms with Crippen molar-refractivity contribution in [2.75, 3.05) is 5.32 Å². The van der Waals surface area contributed by atoms with Crippen molar-refractivity contribution >= 4 is 5.82 Å². The summed E-state index contributed by atoms with van der Waals surface area (Å²) in [4.78, 5) is 8.45. The van der Waals surface area contributed by atoms with Gasteiger partial charge in [-0.3, -0.25) is 0 Å². The second kappa shape index (κ2) is 3.56. The fourth-order valence-corrected chi connectivity index (χ4v) is 1.48. The van der Waals surface area contributed by atoms with E-state index < -0.39 is 0 Å². The molecule has 76 valence electrons. The zero-order chi connectivity index (χ0) is 10.1. The quantitative estimate of drug-likeness (QED) is 0.797.